The summed E-state index contributed by atoms with van der Waals surface area (Å²) >= 11 is 0. The van der Waals surface area contributed by atoms with Gasteiger partial charge in [0.15, 0.2) is 0 Å². The maximum atomic E-state index is 12.3. The molecule has 106 valence electrons. The van der Waals surface area contributed by atoms with Gasteiger partial charge in [-0.3, -0.25) is 14.4 Å². The fourth-order valence-corrected chi connectivity index (χ4v) is 2.37. The van der Waals surface area contributed by atoms with Gasteiger partial charge in [-0.15, -0.1) is 0 Å². The van der Waals surface area contributed by atoms with Crippen molar-refractivity contribution in [3.05, 3.63) is 29.3 Å². The fraction of sp³-hybridized carbons (Fsp3) is 0.308. The normalized spacial score (nSPS) is 14.8. The highest BCUT2D eigenvalue weighted by Gasteiger charge is 2.37. The zero-order valence-electron chi connectivity index (χ0n) is 10.9. The summed E-state index contributed by atoms with van der Waals surface area (Å²) in [6.45, 7) is 0.173. The molecule has 1 atom stereocenters. The Bertz CT molecular complexity index is 585. The number of fused-ring (bicyclic) bond motifs is 1. The van der Waals surface area contributed by atoms with Crippen molar-refractivity contribution in [3.8, 4) is 0 Å². The predicted octanol–water partition coefficient (Wildman–Crippen LogP) is 0.0127. The second-order valence-electron chi connectivity index (χ2n) is 4.53. The van der Waals surface area contributed by atoms with Crippen LogP contribution in [0.4, 0.5) is 5.69 Å². The lowest BCUT2D eigenvalue weighted by molar-refractivity contribution is -0.140. The minimum Gasteiger partial charge on any atom is -0.481 e. The molecule has 1 aliphatic heterocycles. The zero-order chi connectivity index (χ0) is 14.9. The number of carboxylic acids is 1. The van der Waals surface area contributed by atoms with E-state index < -0.39 is 24.3 Å². The second kappa shape index (κ2) is 5.20. The summed E-state index contributed by atoms with van der Waals surface area (Å²) in [6, 6.07) is 4.04. The number of anilines is 1. The molecule has 1 heterocycles. The van der Waals surface area contributed by atoms with Crippen LogP contribution in [0.25, 0.3) is 0 Å². The van der Waals surface area contributed by atoms with Crippen LogP contribution in [0.3, 0.4) is 0 Å². The quantitative estimate of drug-likeness (QED) is 0.702. The summed E-state index contributed by atoms with van der Waals surface area (Å²) in [5, 5.41) is 11.8. The molecule has 4 N–H and O–H groups in total. The molecule has 0 saturated heterocycles. The Kier molecular flexibility index (Phi) is 3.60. The maximum absolute atomic E-state index is 12.3. The van der Waals surface area contributed by atoms with Crippen molar-refractivity contribution < 1.29 is 19.5 Å². The van der Waals surface area contributed by atoms with E-state index in [1.165, 1.54) is 4.90 Å². The van der Waals surface area contributed by atoms with Gasteiger partial charge < -0.3 is 21.1 Å². The second-order valence-corrected chi connectivity index (χ2v) is 4.53. The molecule has 2 rings (SSSR count). The first-order valence-corrected chi connectivity index (χ1v) is 6.07. The SMILES string of the molecule is CNc1cccc2c1CN(C(CC(=O)O)C(N)=O)C2=O. The molecule has 0 bridgehead atoms. The summed E-state index contributed by atoms with van der Waals surface area (Å²) in [6.07, 6.45) is -0.496. The Morgan fingerprint density at radius 3 is 2.75 bits per heavy atom. The van der Waals surface area contributed by atoms with Gasteiger partial charge in [0, 0.05) is 30.4 Å². The van der Waals surface area contributed by atoms with E-state index in [0.717, 1.165) is 11.3 Å². The minimum atomic E-state index is -1.17. The highest BCUT2D eigenvalue weighted by atomic mass is 16.4. The van der Waals surface area contributed by atoms with E-state index in [4.69, 9.17) is 10.8 Å². The van der Waals surface area contributed by atoms with E-state index in [-0.39, 0.29) is 12.5 Å². The lowest BCUT2D eigenvalue weighted by atomic mass is 10.1. The number of rotatable bonds is 5. The standard InChI is InChI=1S/C13H15N3O4/c1-15-9-4-2-3-7-8(9)6-16(13(7)20)10(12(14)19)5-11(17)18/h2-4,10,15H,5-6H2,1H3,(H2,14,19)(H,17,18). The Morgan fingerprint density at radius 2 is 2.20 bits per heavy atom. The van der Waals surface area contributed by atoms with Crippen LogP contribution in [-0.4, -0.2) is 40.9 Å². The molecule has 0 radical (unpaired) electrons. The Labute approximate surface area is 115 Å². The predicted molar refractivity (Wildman–Crippen MR) is 71.1 cm³/mol. The molecule has 1 aromatic rings. The molecule has 2 amide bonds. The monoisotopic (exact) mass is 277 g/mol. The lowest BCUT2D eigenvalue weighted by Gasteiger charge is -2.23. The number of aliphatic carboxylic acids is 1. The van der Waals surface area contributed by atoms with E-state index in [9.17, 15) is 14.4 Å². The smallest absolute Gasteiger partial charge is 0.305 e. The number of nitrogens with one attached hydrogen (secondary N) is 1. The Hall–Kier alpha value is -2.57. The molecular weight excluding hydrogens is 262 g/mol. The molecule has 0 aliphatic carbocycles. The number of amides is 2. The van der Waals surface area contributed by atoms with E-state index in [1.54, 1.807) is 19.2 Å². The molecule has 20 heavy (non-hydrogen) atoms. The fourth-order valence-electron chi connectivity index (χ4n) is 2.37. The van der Waals surface area contributed by atoms with E-state index in [1.807, 2.05) is 6.07 Å². The van der Waals surface area contributed by atoms with Crippen LogP contribution >= 0.6 is 0 Å². The number of hydrogen-bond acceptors (Lipinski definition) is 4. The molecule has 0 saturated carbocycles. The number of hydrogen-bond donors (Lipinski definition) is 3. The minimum absolute atomic E-state index is 0.173. The molecule has 0 aromatic heterocycles. The van der Waals surface area contributed by atoms with Crippen molar-refractivity contribution in [2.24, 2.45) is 5.73 Å². The van der Waals surface area contributed by atoms with Crippen molar-refractivity contribution >= 4 is 23.5 Å². The first-order valence-electron chi connectivity index (χ1n) is 6.07. The average Bonchev–Trinajstić information content (AvgIpc) is 2.73. The van der Waals surface area contributed by atoms with Crippen LogP contribution in [0, 0.1) is 0 Å². The van der Waals surface area contributed by atoms with Gasteiger partial charge in [0.1, 0.15) is 6.04 Å². The number of benzene rings is 1. The Morgan fingerprint density at radius 1 is 1.50 bits per heavy atom. The number of primary amides is 1. The van der Waals surface area contributed by atoms with Crippen LogP contribution in [0.1, 0.15) is 22.3 Å². The van der Waals surface area contributed by atoms with E-state index in [0.29, 0.717) is 5.56 Å². The Balaban J connectivity index is 2.35. The molecular formula is C13H15N3O4. The molecule has 7 nitrogen and oxygen atoms in total. The lowest BCUT2D eigenvalue weighted by Crippen LogP contribution is -2.46. The van der Waals surface area contributed by atoms with Gasteiger partial charge in [-0.25, -0.2) is 0 Å². The number of carbonyl (C=O) groups excluding carboxylic acids is 2. The molecule has 1 aromatic carbocycles. The zero-order valence-corrected chi connectivity index (χ0v) is 10.9. The van der Waals surface area contributed by atoms with Gasteiger partial charge in [-0.2, -0.15) is 0 Å². The first-order chi connectivity index (χ1) is 9.45. The average molecular weight is 277 g/mol. The molecule has 0 fully saturated rings. The van der Waals surface area contributed by atoms with Gasteiger partial charge in [-0.05, 0) is 12.1 Å². The third kappa shape index (κ3) is 2.29. The molecule has 1 aliphatic rings. The first kappa shape index (κ1) is 13.9. The maximum Gasteiger partial charge on any atom is 0.305 e. The van der Waals surface area contributed by atoms with E-state index in [2.05, 4.69) is 5.32 Å². The number of carboxylic acid groups (broad SMARTS) is 1. The third-order valence-electron chi connectivity index (χ3n) is 3.34. The van der Waals surface area contributed by atoms with Crippen LogP contribution in [0.2, 0.25) is 0 Å². The van der Waals surface area contributed by atoms with E-state index >= 15 is 0 Å². The topological polar surface area (TPSA) is 113 Å². The molecule has 1 unspecified atom stereocenters. The van der Waals surface area contributed by atoms with Gasteiger partial charge in [0.25, 0.3) is 5.91 Å². The number of nitrogens with two attached hydrogens (primary N) is 1. The van der Waals surface area contributed by atoms with Crippen LogP contribution in [-0.2, 0) is 16.1 Å². The van der Waals surface area contributed by atoms with Crippen molar-refractivity contribution in [2.75, 3.05) is 12.4 Å². The summed E-state index contributed by atoms with van der Waals surface area (Å²) < 4.78 is 0. The highest BCUT2D eigenvalue weighted by Crippen LogP contribution is 2.30. The van der Waals surface area contributed by atoms with Gasteiger partial charge >= 0.3 is 5.97 Å². The van der Waals surface area contributed by atoms with Gasteiger partial charge in [0.05, 0.1) is 6.42 Å². The van der Waals surface area contributed by atoms with Crippen molar-refractivity contribution in [1.82, 2.24) is 4.90 Å². The summed E-state index contributed by atoms with van der Waals surface area (Å²) in [7, 11) is 1.73. The van der Waals surface area contributed by atoms with Gasteiger partial charge in [-0.1, -0.05) is 6.07 Å². The number of carbonyl (C=O) groups is 3. The molecule has 0 spiro atoms. The van der Waals surface area contributed by atoms with Crippen LogP contribution < -0.4 is 11.1 Å². The van der Waals surface area contributed by atoms with Crippen molar-refractivity contribution in [2.45, 2.75) is 19.0 Å². The van der Waals surface area contributed by atoms with Crippen molar-refractivity contribution in [1.29, 1.82) is 0 Å². The highest BCUT2D eigenvalue weighted by molar-refractivity contribution is 6.02. The van der Waals surface area contributed by atoms with Crippen LogP contribution in [0.15, 0.2) is 18.2 Å². The summed E-state index contributed by atoms with van der Waals surface area (Å²) in [4.78, 5) is 35.7. The van der Waals surface area contributed by atoms with Crippen LogP contribution in [0.5, 0.6) is 0 Å². The number of nitrogens with zero attached hydrogens (tertiary/aromatic N) is 1. The third-order valence-corrected chi connectivity index (χ3v) is 3.34. The summed E-state index contributed by atoms with van der Waals surface area (Å²) in [5.41, 5.74) is 7.21. The summed E-state index contributed by atoms with van der Waals surface area (Å²) in [5.74, 6) is -2.37. The van der Waals surface area contributed by atoms with Crippen molar-refractivity contribution in [3.63, 3.8) is 0 Å². The van der Waals surface area contributed by atoms with Gasteiger partial charge in [0.2, 0.25) is 5.91 Å². The molecule has 7 heteroatoms. The largest absolute Gasteiger partial charge is 0.481 e.